The van der Waals surface area contributed by atoms with Crippen molar-refractivity contribution in [2.45, 2.75) is 24.9 Å². The van der Waals surface area contributed by atoms with Gasteiger partial charge in [0, 0.05) is 0 Å². The van der Waals surface area contributed by atoms with Gasteiger partial charge < -0.3 is 5.11 Å². The lowest BCUT2D eigenvalue weighted by molar-refractivity contribution is -0.193. The van der Waals surface area contributed by atoms with E-state index in [2.05, 4.69) is 0 Å². The lowest BCUT2D eigenvalue weighted by atomic mass is 9.99. The van der Waals surface area contributed by atoms with E-state index < -0.39 is 18.5 Å². The number of alkyl halides is 4. The highest BCUT2D eigenvalue weighted by molar-refractivity contribution is 5.30. The summed E-state index contributed by atoms with van der Waals surface area (Å²) in [4.78, 5) is 0. The Hall–Kier alpha value is -1.88. The SMILES string of the molecule is OC(c1ccc(Cc2ccccc2)cc1)C(F)(F)C(F)F. The van der Waals surface area contributed by atoms with Crippen molar-refractivity contribution in [3.05, 3.63) is 71.3 Å². The van der Waals surface area contributed by atoms with Gasteiger partial charge in [0.1, 0.15) is 6.10 Å². The molecular weight excluding hydrogens is 284 g/mol. The van der Waals surface area contributed by atoms with E-state index >= 15 is 0 Å². The molecule has 1 nitrogen and oxygen atoms in total. The Bertz CT molecular complexity index is 567. The van der Waals surface area contributed by atoms with Crippen molar-refractivity contribution in [3.8, 4) is 0 Å². The first-order chi connectivity index (χ1) is 9.91. The van der Waals surface area contributed by atoms with Crippen molar-refractivity contribution in [2.24, 2.45) is 0 Å². The standard InChI is InChI=1S/C16H14F4O/c17-15(18)16(19,20)14(21)13-8-6-12(7-9-13)10-11-4-2-1-3-5-11/h1-9,14-15,21H,10H2. The molecular formula is C16H14F4O. The molecule has 0 amide bonds. The second-order valence-electron chi connectivity index (χ2n) is 4.78. The van der Waals surface area contributed by atoms with Crippen LogP contribution in [0, 0.1) is 0 Å². The second-order valence-corrected chi connectivity index (χ2v) is 4.78. The van der Waals surface area contributed by atoms with Gasteiger partial charge in [0.2, 0.25) is 0 Å². The Morgan fingerprint density at radius 2 is 1.38 bits per heavy atom. The minimum absolute atomic E-state index is 0.225. The molecule has 0 bridgehead atoms. The summed E-state index contributed by atoms with van der Waals surface area (Å²) in [6.07, 6.45) is -5.82. The average Bonchev–Trinajstić information content (AvgIpc) is 2.48. The highest BCUT2D eigenvalue weighted by Crippen LogP contribution is 2.36. The molecule has 1 unspecified atom stereocenters. The first kappa shape index (κ1) is 15.5. The zero-order chi connectivity index (χ0) is 15.5. The van der Waals surface area contributed by atoms with Crippen molar-refractivity contribution in [1.29, 1.82) is 0 Å². The van der Waals surface area contributed by atoms with Gasteiger partial charge in [-0.05, 0) is 23.1 Å². The Balaban J connectivity index is 2.12. The van der Waals surface area contributed by atoms with E-state index in [0.29, 0.717) is 6.42 Å². The molecule has 112 valence electrons. The van der Waals surface area contributed by atoms with Crippen LogP contribution in [0.3, 0.4) is 0 Å². The van der Waals surface area contributed by atoms with Crippen LogP contribution in [-0.2, 0) is 6.42 Å². The van der Waals surface area contributed by atoms with Gasteiger partial charge in [-0.2, -0.15) is 8.78 Å². The van der Waals surface area contributed by atoms with Gasteiger partial charge in [-0.25, -0.2) is 8.78 Å². The molecule has 0 spiro atoms. The van der Waals surface area contributed by atoms with E-state index in [0.717, 1.165) is 11.1 Å². The molecule has 0 aliphatic heterocycles. The van der Waals surface area contributed by atoms with Crippen LogP contribution < -0.4 is 0 Å². The predicted octanol–water partition coefficient (Wildman–Crippen LogP) is 4.21. The van der Waals surface area contributed by atoms with Crippen LogP contribution >= 0.6 is 0 Å². The maximum absolute atomic E-state index is 13.1. The van der Waals surface area contributed by atoms with E-state index in [1.807, 2.05) is 30.3 Å². The van der Waals surface area contributed by atoms with E-state index in [4.69, 9.17) is 0 Å². The topological polar surface area (TPSA) is 20.2 Å². The van der Waals surface area contributed by atoms with Gasteiger partial charge in [0.05, 0.1) is 0 Å². The van der Waals surface area contributed by atoms with E-state index in [1.165, 1.54) is 12.1 Å². The van der Waals surface area contributed by atoms with Crippen LogP contribution in [0.1, 0.15) is 22.8 Å². The Labute approximate surface area is 119 Å². The molecule has 0 aliphatic carbocycles. The highest BCUT2D eigenvalue weighted by atomic mass is 19.3. The molecule has 0 fully saturated rings. The summed E-state index contributed by atoms with van der Waals surface area (Å²) in [6.45, 7) is 0. The quantitative estimate of drug-likeness (QED) is 0.820. The number of aliphatic hydroxyl groups excluding tert-OH is 1. The number of rotatable bonds is 5. The predicted molar refractivity (Wildman–Crippen MR) is 71.6 cm³/mol. The molecule has 2 rings (SSSR count). The molecule has 2 aromatic rings. The molecule has 0 radical (unpaired) electrons. The Kier molecular flexibility index (Phi) is 4.63. The normalized spacial score (nSPS) is 13.4. The van der Waals surface area contributed by atoms with Gasteiger partial charge in [0.25, 0.3) is 0 Å². The summed E-state index contributed by atoms with van der Waals surface area (Å²) in [7, 11) is 0. The number of benzene rings is 2. The number of hydrogen-bond donors (Lipinski definition) is 1. The van der Waals surface area contributed by atoms with E-state index in [9.17, 15) is 22.7 Å². The van der Waals surface area contributed by atoms with Crippen LogP contribution in [-0.4, -0.2) is 17.5 Å². The monoisotopic (exact) mass is 298 g/mol. The highest BCUT2D eigenvalue weighted by Gasteiger charge is 2.48. The van der Waals surface area contributed by atoms with Gasteiger partial charge in [-0.3, -0.25) is 0 Å². The fourth-order valence-corrected chi connectivity index (χ4v) is 1.99. The zero-order valence-corrected chi connectivity index (χ0v) is 11.0. The van der Waals surface area contributed by atoms with Crippen molar-refractivity contribution < 1.29 is 22.7 Å². The van der Waals surface area contributed by atoms with Crippen LogP contribution in [0.25, 0.3) is 0 Å². The third-order valence-corrected chi connectivity index (χ3v) is 3.20. The second kappa shape index (κ2) is 6.26. The van der Waals surface area contributed by atoms with Crippen LogP contribution in [0.15, 0.2) is 54.6 Å². The minimum atomic E-state index is -4.46. The minimum Gasteiger partial charge on any atom is -0.382 e. The van der Waals surface area contributed by atoms with Crippen LogP contribution in [0.2, 0.25) is 0 Å². The van der Waals surface area contributed by atoms with Gasteiger partial charge in [-0.15, -0.1) is 0 Å². The first-order valence-corrected chi connectivity index (χ1v) is 6.38. The fourth-order valence-electron chi connectivity index (χ4n) is 1.99. The smallest absolute Gasteiger partial charge is 0.336 e. The maximum atomic E-state index is 13.1. The number of hydrogen-bond acceptors (Lipinski definition) is 1. The van der Waals surface area contributed by atoms with Crippen LogP contribution in [0.4, 0.5) is 17.6 Å². The summed E-state index contributed by atoms with van der Waals surface area (Å²) in [5, 5.41) is 9.37. The molecule has 0 heterocycles. The molecule has 1 atom stereocenters. The molecule has 5 heteroatoms. The third-order valence-electron chi connectivity index (χ3n) is 3.20. The van der Waals surface area contributed by atoms with Gasteiger partial charge in [0.15, 0.2) is 0 Å². The average molecular weight is 298 g/mol. The molecule has 0 saturated heterocycles. The van der Waals surface area contributed by atoms with E-state index in [-0.39, 0.29) is 5.56 Å². The number of aliphatic hydroxyl groups is 1. The lowest BCUT2D eigenvalue weighted by Crippen LogP contribution is -2.34. The largest absolute Gasteiger partial charge is 0.382 e. The molecule has 0 saturated carbocycles. The maximum Gasteiger partial charge on any atom is 0.336 e. The Morgan fingerprint density at radius 1 is 0.857 bits per heavy atom. The fraction of sp³-hybridized carbons (Fsp3) is 0.250. The summed E-state index contributed by atoms with van der Waals surface area (Å²) >= 11 is 0. The molecule has 0 aromatic heterocycles. The van der Waals surface area contributed by atoms with Crippen molar-refractivity contribution in [2.75, 3.05) is 0 Å². The summed E-state index contributed by atoms with van der Waals surface area (Å²) in [6, 6.07) is 15.1. The number of halogens is 4. The molecule has 2 aromatic carbocycles. The molecule has 21 heavy (non-hydrogen) atoms. The first-order valence-electron chi connectivity index (χ1n) is 6.38. The van der Waals surface area contributed by atoms with Crippen molar-refractivity contribution >= 4 is 0 Å². The van der Waals surface area contributed by atoms with Crippen LogP contribution in [0.5, 0.6) is 0 Å². The van der Waals surface area contributed by atoms with Crippen molar-refractivity contribution in [1.82, 2.24) is 0 Å². The molecule has 1 N–H and O–H groups in total. The summed E-state index contributed by atoms with van der Waals surface area (Å²) < 4.78 is 50.6. The van der Waals surface area contributed by atoms with E-state index in [1.54, 1.807) is 12.1 Å². The van der Waals surface area contributed by atoms with Gasteiger partial charge in [-0.1, -0.05) is 54.6 Å². The Morgan fingerprint density at radius 3 is 1.90 bits per heavy atom. The van der Waals surface area contributed by atoms with Crippen molar-refractivity contribution in [3.63, 3.8) is 0 Å². The lowest BCUT2D eigenvalue weighted by Gasteiger charge is -2.22. The molecule has 0 aliphatic rings. The third kappa shape index (κ3) is 3.61. The van der Waals surface area contributed by atoms with Gasteiger partial charge >= 0.3 is 12.3 Å². The summed E-state index contributed by atoms with van der Waals surface area (Å²) in [5.74, 6) is -4.46. The summed E-state index contributed by atoms with van der Waals surface area (Å²) in [5.41, 5.74) is 1.67. The zero-order valence-electron chi connectivity index (χ0n) is 11.0.